The zero-order chi connectivity index (χ0) is 13.8. The third kappa shape index (κ3) is 3.08. The van der Waals surface area contributed by atoms with Crippen molar-refractivity contribution in [1.82, 2.24) is 9.97 Å². The van der Waals surface area contributed by atoms with Crippen LogP contribution in [0.15, 0.2) is 24.3 Å². The summed E-state index contributed by atoms with van der Waals surface area (Å²) < 4.78 is 5.75. The molecule has 0 radical (unpaired) electrons. The minimum atomic E-state index is 0.428. The van der Waals surface area contributed by atoms with Gasteiger partial charge in [-0.2, -0.15) is 5.26 Å². The van der Waals surface area contributed by atoms with E-state index in [1.165, 1.54) is 0 Å². The van der Waals surface area contributed by atoms with E-state index in [4.69, 9.17) is 10.00 Å². The van der Waals surface area contributed by atoms with Crippen LogP contribution in [0.25, 0.3) is 0 Å². The Bertz CT molecular complexity index is 644. The van der Waals surface area contributed by atoms with Crippen LogP contribution in [-0.2, 0) is 6.42 Å². The zero-order valence-corrected chi connectivity index (χ0v) is 11.3. The lowest BCUT2D eigenvalue weighted by Gasteiger charge is -2.10. The van der Waals surface area contributed by atoms with E-state index in [-0.39, 0.29) is 0 Å². The van der Waals surface area contributed by atoms with Gasteiger partial charge in [0, 0.05) is 17.5 Å². The van der Waals surface area contributed by atoms with E-state index < -0.39 is 0 Å². The second kappa shape index (κ2) is 5.49. The van der Waals surface area contributed by atoms with Crippen LogP contribution in [0.4, 0.5) is 0 Å². The Labute approximate surface area is 112 Å². The molecule has 0 N–H and O–H groups in total. The molecule has 0 aromatic carbocycles. The van der Waals surface area contributed by atoms with Crippen LogP contribution in [0.5, 0.6) is 11.6 Å². The Morgan fingerprint density at radius 2 is 1.95 bits per heavy atom. The van der Waals surface area contributed by atoms with Gasteiger partial charge in [-0.3, -0.25) is 4.98 Å². The highest BCUT2D eigenvalue weighted by molar-refractivity contribution is 5.38. The summed E-state index contributed by atoms with van der Waals surface area (Å²) in [5, 5.41) is 8.94. The van der Waals surface area contributed by atoms with Crippen LogP contribution in [-0.4, -0.2) is 9.97 Å². The third-order valence-electron chi connectivity index (χ3n) is 2.68. The first kappa shape index (κ1) is 13.0. The van der Waals surface area contributed by atoms with Gasteiger partial charge in [0.15, 0.2) is 5.75 Å². The van der Waals surface area contributed by atoms with E-state index in [2.05, 4.69) is 16.0 Å². The molecule has 0 bridgehead atoms. The van der Waals surface area contributed by atoms with E-state index in [9.17, 15) is 0 Å². The first-order valence-corrected chi connectivity index (χ1v) is 6.15. The van der Waals surface area contributed by atoms with E-state index in [1.807, 2.05) is 32.9 Å². The van der Waals surface area contributed by atoms with Gasteiger partial charge < -0.3 is 4.74 Å². The van der Waals surface area contributed by atoms with Crippen molar-refractivity contribution in [3.8, 4) is 17.7 Å². The van der Waals surface area contributed by atoms with Crippen molar-refractivity contribution in [2.24, 2.45) is 0 Å². The lowest BCUT2D eigenvalue weighted by atomic mass is 10.2. The molecule has 2 aromatic rings. The molecule has 2 aromatic heterocycles. The number of pyridine rings is 2. The molecule has 0 saturated heterocycles. The summed E-state index contributed by atoms with van der Waals surface area (Å²) >= 11 is 0. The van der Waals surface area contributed by atoms with E-state index >= 15 is 0 Å². The smallest absolute Gasteiger partial charge is 0.220 e. The van der Waals surface area contributed by atoms with Gasteiger partial charge in [0.1, 0.15) is 0 Å². The molecule has 0 aliphatic carbocycles. The molecule has 0 amide bonds. The molecule has 4 heteroatoms. The standard InChI is InChI=1S/C15H15N3O/c1-4-13-14(6-5-10(2)17-13)19-15-8-12(9-16)7-11(3)18-15/h5-8H,4H2,1-3H3. The van der Waals surface area contributed by atoms with Crippen LogP contribution in [0, 0.1) is 25.2 Å². The monoisotopic (exact) mass is 253 g/mol. The minimum Gasteiger partial charge on any atom is -0.437 e. The lowest BCUT2D eigenvalue weighted by molar-refractivity contribution is 0.452. The van der Waals surface area contributed by atoms with E-state index in [1.54, 1.807) is 12.1 Å². The summed E-state index contributed by atoms with van der Waals surface area (Å²) in [6.07, 6.45) is 0.786. The van der Waals surface area contributed by atoms with Crippen LogP contribution in [0.3, 0.4) is 0 Å². The van der Waals surface area contributed by atoms with E-state index in [0.29, 0.717) is 17.2 Å². The topological polar surface area (TPSA) is 58.8 Å². The molecule has 0 fully saturated rings. The van der Waals surface area contributed by atoms with Gasteiger partial charge in [0.2, 0.25) is 5.88 Å². The number of rotatable bonds is 3. The average molecular weight is 253 g/mol. The lowest BCUT2D eigenvalue weighted by Crippen LogP contribution is -1.98. The van der Waals surface area contributed by atoms with Crippen LogP contribution >= 0.6 is 0 Å². The highest BCUT2D eigenvalue weighted by atomic mass is 16.5. The summed E-state index contributed by atoms with van der Waals surface area (Å²) in [4.78, 5) is 8.71. The molecule has 0 atom stereocenters. The zero-order valence-electron chi connectivity index (χ0n) is 11.3. The van der Waals surface area contributed by atoms with Crippen LogP contribution in [0.2, 0.25) is 0 Å². The maximum Gasteiger partial charge on any atom is 0.220 e. The number of nitriles is 1. The molecule has 4 nitrogen and oxygen atoms in total. The SMILES string of the molecule is CCc1nc(C)ccc1Oc1cc(C#N)cc(C)n1. The second-order valence-corrected chi connectivity index (χ2v) is 4.30. The molecule has 0 saturated carbocycles. The first-order chi connectivity index (χ1) is 9.12. The minimum absolute atomic E-state index is 0.428. The van der Waals surface area contributed by atoms with Crippen LogP contribution < -0.4 is 4.74 Å². The number of ether oxygens (including phenoxy) is 1. The molecule has 2 heterocycles. The van der Waals surface area contributed by atoms with Gasteiger partial charge in [-0.1, -0.05) is 6.92 Å². The van der Waals surface area contributed by atoms with Gasteiger partial charge in [-0.05, 0) is 38.5 Å². The van der Waals surface area contributed by atoms with Crippen molar-refractivity contribution in [1.29, 1.82) is 5.26 Å². The number of aryl methyl sites for hydroxylation is 3. The quantitative estimate of drug-likeness (QED) is 0.841. The summed E-state index contributed by atoms with van der Waals surface area (Å²) in [6.45, 7) is 5.81. The van der Waals surface area contributed by atoms with Gasteiger partial charge in [0.05, 0.1) is 17.3 Å². The highest BCUT2D eigenvalue weighted by Crippen LogP contribution is 2.24. The highest BCUT2D eigenvalue weighted by Gasteiger charge is 2.07. The Kier molecular flexibility index (Phi) is 3.76. The maximum atomic E-state index is 8.94. The summed E-state index contributed by atoms with van der Waals surface area (Å²) in [7, 11) is 0. The first-order valence-electron chi connectivity index (χ1n) is 6.15. The average Bonchev–Trinajstić information content (AvgIpc) is 2.40. The molecule has 0 spiro atoms. The van der Waals surface area contributed by atoms with Crippen molar-refractivity contribution in [3.63, 3.8) is 0 Å². The van der Waals surface area contributed by atoms with Crippen molar-refractivity contribution in [2.75, 3.05) is 0 Å². The number of hydrogen-bond donors (Lipinski definition) is 0. The molecule has 0 unspecified atom stereocenters. The molecule has 2 rings (SSSR count). The van der Waals surface area contributed by atoms with Gasteiger partial charge in [0.25, 0.3) is 0 Å². The molecule has 19 heavy (non-hydrogen) atoms. The summed E-state index contributed by atoms with van der Waals surface area (Å²) in [5.74, 6) is 1.12. The Morgan fingerprint density at radius 3 is 2.63 bits per heavy atom. The van der Waals surface area contributed by atoms with E-state index in [0.717, 1.165) is 23.5 Å². The molecule has 96 valence electrons. The number of nitrogens with zero attached hydrogens (tertiary/aromatic N) is 3. The largest absolute Gasteiger partial charge is 0.437 e. The maximum absolute atomic E-state index is 8.94. The summed E-state index contributed by atoms with van der Waals surface area (Å²) in [5.41, 5.74) is 3.15. The predicted octanol–water partition coefficient (Wildman–Crippen LogP) is 3.32. The number of aromatic nitrogens is 2. The van der Waals surface area contributed by atoms with Crippen LogP contribution in [0.1, 0.15) is 29.6 Å². The Morgan fingerprint density at radius 1 is 1.16 bits per heavy atom. The number of hydrogen-bond acceptors (Lipinski definition) is 4. The summed E-state index contributed by atoms with van der Waals surface area (Å²) in [6, 6.07) is 9.23. The van der Waals surface area contributed by atoms with Gasteiger partial charge in [-0.25, -0.2) is 4.98 Å². The normalized spacial score (nSPS) is 10.0. The fourth-order valence-corrected chi connectivity index (χ4v) is 1.81. The van der Waals surface area contributed by atoms with Crippen molar-refractivity contribution in [3.05, 3.63) is 46.9 Å². The van der Waals surface area contributed by atoms with Gasteiger partial charge >= 0.3 is 0 Å². The molecular formula is C15H15N3O. The van der Waals surface area contributed by atoms with Crippen molar-refractivity contribution >= 4 is 0 Å². The molecular weight excluding hydrogens is 238 g/mol. The second-order valence-electron chi connectivity index (χ2n) is 4.30. The predicted molar refractivity (Wildman–Crippen MR) is 72.1 cm³/mol. The Balaban J connectivity index is 2.36. The molecule has 0 aliphatic heterocycles. The fourth-order valence-electron chi connectivity index (χ4n) is 1.81. The van der Waals surface area contributed by atoms with Crippen molar-refractivity contribution in [2.45, 2.75) is 27.2 Å². The van der Waals surface area contributed by atoms with Crippen molar-refractivity contribution < 1.29 is 4.74 Å². The fraction of sp³-hybridized carbons (Fsp3) is 0.267. The van der Waals surface area contributed by atoms with Gasteiger partial charge in [-0.15, -0.1) is 0 Å². The third-order valence-corrected chi connectivity index (χ3v) is 2.68. The Hall–Kier alpha value is -2.41. The molecule has 0 aliphatic rings.